The number of epoxide rings is 1. The fourth-order valence-electron chi connectivity index (χ4n) is 3.96. The van der Waals surface area contributed by atoms with Gasteiger partial charge in [-0.3, -0.25) is 4.79 Å². The molecule has 7 nitrogen and oxygen atoms in total. The van der Waals surface area contributed by atoms with Crippen molar-refractivity contribution in [2.75, 3.05) is 7.11 Å². The van der Waals surface area contributed by atoms with Crippen LogP contribution in [0.1, 0.15) is 11.5 Å². The molecule has 0 saturated carbocycles. The predicted molar refractivity (Wildman–Crippen MR) is 85.1 cm³/mol. The van der Waals surface area contributed by atoms with Crippen molar-refractivity contribution < 1.29 is 28.5 Å². The molecule has 1 N–H and O–H groups in total. The van der Waals surface area contributed by atoms with Gasteiger partial charge in [-0.05, 0) is 12.1 Å². The average Bonchev–Trinajstić information content (AvgIpc) is 3.11. The van der Waals surface area contributed by atoms with Gasteiger partial charge in [0.1, 0.15) is 45.3 Å². The van der Waals surface area contributed by atoms with Crippen molar-refractivity contribution in [1.82, 2.24) is 0 Å². The molecule has 0 radical (unpaired) electrons. The van der Waals surface area contributed by atoms with Crippen molar-refractivity contribution in [3.05, 3.63) is 40.1 Å². The molecule has 1 aromatic heterocycles. The molecule has 2 saturated heterocycles. The first-order valence-electron chi connectivity index (χ1n) is 7.94. The minimum absolute atomic E-state index is 0.0898. The van der Waals surface area contributed by atoms with Crippen molar-refractivity contribution in [3.8, 4) is 17.2 Å². The Labute approximate surface area is 140 Å². The first-order valence-corrected chi connectivity index (χ1v) is 7.94. The maximum Gasteiger partial charge on any atom is 0.212 e. The highest BCUT2D eigenvalue weighted by atomic mass is 16.8. The van der Waals surface area contributed by atoms with E-state index in [0.717, 1.165) is 5.56 Å². The number of hydrogen-bond acceptors (Lipinski definition) is 7. The van der Waals surface area contributed by atoms with E-state index in [2.05, 4.69) is 0 Å². The lowest BCUT2D eigenvalue weighted by Gasteiger charge is -2.12. The third-order valence-electron chi connectivity index (χ3n) is 5.11. The first-order chi connectivity index (χ1) is 12.2. The zero-order valence-electron chi connectivity index (χ0n) is 13.0. The van der Waals surface area contributed by atoms with Gasteiger partial charge in [-0.2, -0.15) is 0 Å². The molecule has 4 atom stereocenters. The van der Waals surface area contributed by atoms with E-state index in [0.29, 0.717) is 22.7 Å². The van der Waals surface area contributed by atoms with Gasteiger partial charge in [0.2, 0.25) is 11.7 Å². The van der Waals surface area contributed by atoms with Crippen LogP contribution in [0, 0.1) is 0 Å². The molecule has 6 rings (SSSR count). The minimum Gasteiger partial charge on any atom is -0.507 e. The van der Waals surface area contributed by atoms with Crippen LogP contribution in [0.3, 0.4) is 0 Å². The maximum absolute atomic E-state index is 13.1. The lowest BCUT2D eigenvalue weighted by atomic mass is 9.95. The average molecular weight is 340 g/mol. The number of ether oxygens (including phenoxy) is 4. The van der Waals surface area contributed by atoms with Gasteiger partial charge in [0, 0.05) is 6.07 Å². The highest BCUT2D eigenvalue weighted by Gasteiger charge is 2.63. The number of aromatic hydroxyl groups is 1. The Morgan fingerprint density at radius 1 is 1.16 bits per heavy atom. The standard InChI is InChI=1S/C18H12O7/c1-21-8-5-9-11(13-16-18(24-16)25-17(13)23-9)15-12(8)14(20)10-6(19)3-2-4-7(10)22-15/h2-5,13,16-19H,1H3/t13-,16?,17+,18?/m1/s1. The van der Waals surface area contributed by atoms with Crippen molar-refractivity contribution in [3.63, 3.8) is 0 Å². The van der Waals surface area contributed by atoms with Crippen LogP contribution in [0.5, 0.6) is 17.2 Å². The topological polar surface area (TPSA) is 90.7 Å². The molecule has 2 aromatic carbocycles. The van der Waals surface area contributed by atoms with Gasteiger partial charge in [0.25, 0.3) is 0 Å². The first kappa shape index (κ1) is 13.5. The number of methoxy groups -OCH3 is 1. The van der Waals surface area contributed by atoms with Gasteiger partial charge in [-0.15, -0.1) is 0 Å². The Balaban J connectivity index is 1.79. The molecule has 25 heavy (non-hydrogen) atoms. The Morgan fingerprint density at radius 3 is 2.88 bits per heavy atom. The number of rotatable bonds is 1. The number of phenolic OH excluding ortho intramolecular Hbond substituents is 1. The smallest absolute Gasteiger partial charge is 0.212 e. The minimum atomic E-state index is -0.445. The third kappa shape index (κ3) is 1.55. The molecule has 2 unspecified atom stereocenters. The fourth-order valence-corrected chi connectivity index (χ4v) is 3.96. The van der Waals surface area contributed by atoms with Gasteiger partial charge in [-0.1, -0.05) is 6.07 Å². The van der Waals surface area contributed by atoms with Gasteiger partial charge < -0.3 is 28.5 Å². The van der Waals surface area contributed by atoms with Crippen LogP contribution in [0.15, 0.2) is 33.5 Å². The van der Waals surface area contributed by atoms with E-state index in [1.54, 1.807) is 18.2 Å². The normalized spacial score (nSPS) is 28.5. The van der Waals surface area contributed by atoms with Gasteiger partial charge in [-0.25, -0.2) is 0 Å². The summed E-state index contributed by atoms with van der Waals surface area (Å²) in [5.74, 6) is 0.628. The van der Waals surface area contributed by atoms with Crippen LogP contribution in [0.25, 0.3) is 21.9 Å². The zero-order valence-corrected chi connectivity index (χ0v) is 13.0. The van der Waals surface area contributed by atoms with Crippen molar-refractivity contribution >= 4 is 21.9 Å². The summed E-state index contributed by atoms with van der Waals surface area (Å²) < 4.78 is 28.4. The summed E-state index contributed by atoms with van der Waals surface area (Å²) in [7, 11) is 1.47. The molecular weight excluding hydrogens is 328 g/mol. The Hall–Kier alpha value is -2.77. The van der Waals surface area contributed by atoms with E-state index < -0.39 is 6.29 Å². The van der Waals surface area contributed by atoms with E-state index in [9.17, 15) is 9.90 Å². The summed E-state index contributed by atoms with van der Waals surface area (Å²) in [6, 6.07) is 6.40. The maximum atomic E-state index is 13.1. The summed E-state index contributed by atoms with van der Waals surface area (Å²) in [4.78, 5) is 13.1. The fraction of sp³-hybridized carbons (Fsp3) is 0.278. The Morgan fingerprint density at radius 2 is 2.04 bits per heavy atom. The van der Waals surface area contributed by atoms with Crippen LogP contribution in [0.4, 0.5) is 0 Å². The summed E-state index contributed by atoms with van der Waals surface area (Å²) in [5, 5.41) is 10.5. The van der Waals surface area contributed by atoms with Gasteiger partial charge >= 0.3 is 0 Å². The molecule has 3 aromatic rings. The third-order valence-corrected chi connectivity index (χ3v) is 5.11. The van der Waals surface area contributed by atoms with Crippen LogP contribution in [-0.4, -0.2) is 30.9 Å². The zero-order chi connectivity index (χ0) is 16.9. The highest BCUT2D eigenvalue weighted by molar-refractivity contribution is 5.98. The molecule has 126 valence electrons. The summed E-state index contributed by atoms with van der Waals surface area (Å²) in [6.07, 6.45) is -0.788. The SMILES string of the molecule is COc1cc2c(c3oc4cccc(O)c4c(=O)c13)[C@@H]1C3OC3O[C@@H]1O2. The van der Waals surface area contributed by atoms with E-state index in [1.807, 2.05) is 0 Å². The summed E-state index contributed by atoms with van der Waals surface area (Å²) in [6.45, 7) is 0. The lowest BCUT2D eigenvalue weighted by Crippen LogP contribution is -2.19. The molecule has 7 heteroatoms. The van der Waals surface area contributed by atoms with E-state index in [4.69, 9.17) is 23.4 Å². The van der Waals surface area contributed by atoms with Crippen LogP contribution < -0.4 is 14.9 Å². The molecule has 2 fully saturated rings. The molecule has 3 aliphatic rings. The van der Waals surface area contributed by atoms with E-state index in [-0.39, 0.29) is 40.3 Å². The largest absolute Gasteiger partial charge is 0.507 e. The van der Waals surface area contributed by atoms with Crippen molar-refractivity contribution in [2.24, 2.45) is 0 Å². The molecule has 0 amide bonds. The second kappa shape index (κ2) is 4.25. The molecule has 4 heterocycles. The molecule has 0 aliphatic carbocycles. The number of hydrogen-bond donors (Lipinski definition) is 1. The molecule has 0 spiro atoms. The predicted octanol–water partition coefficient (Wildman–Crippen LogP) is 2.22. The van der Waals surface area contributed by atoms with E-state index >= 15 is 0 Å². The molecule has 0 bridgehead atoms. The summed E-state index contributed by atoms with van der Waals surface area (Å²) in [5.41, 5.74) is 1.12. The quantitative estimate of drug-likeness (QED) is 0.536. The van der Waals surface area contributed by atoms with Gasteiger partial charge in [0.05, 0.1) is 18.6 Å². The molecular formula is C18H12O7. The Bertz CT molecular complexity index is 1130. The summed E-state index contributed by atoms with van der Waals surface area (Å²) >= 11 is 0. The molecule has 3 aliphatic heterocycles. The number of phenols is 1. The highest BCUT2D eigenvalue weighted by Crippen LogP contribution is 2.57. The second-order valence-corrected chi connectivity index (χ2v) is 6.39. The Kier molecular flexibility index (Phi) is 2.30. The van der Waals surface area contributed by atoms with Crippen molar-refractivity contribution in [1.29, 1.82) is 0 Å². The van der Waals surface area contributed by atoms with Crippen LogP contribution in [-0.2, 0) is 9.47 Å². The van der Waals surface area contributed by atoms with Gasteiger partial charge in [0.15, 0.2) is 6.29 Å². The lowest BCUT2D eigenvalue weighted by molar-refractivity contribution is -0.109. The number of fused-ring (bicyclic) bond motifs is 8. The monoisotopic (exact) mass is 340 g/mol. The van der Waals surface area contributed by atoms with Crippen molar-refractivity contribution in [2.45, 2.75) is 24.6 Å². The number of benzene rings is 2. The van der Waals surface area contributed by atoms with Crippen LogP contribution >= 0.6 is 0 Å². The van der Waals surface area contributed by atoms with Crippen LogP contribution in [0.2, 0.25) is 0 Å². The van der Waals surface area contributed by atoms with E-state index in [1.165, 1.54) is 13.2 Å². The second-order valence-electron chi connectivity index (χ2n) is 6.39.